The molecule has 0 aliphatic heterocycles. The number of carbonyl (C=O) groups excluding carboxylic acids is 1. The second-order valence-electron chi connectivity index (χ2n) is 5.54. The van der Waals surface area contributed by atoms with Gasteiger partial charge in [-0.15, -0.1) is 0 Å². The predicted octanol–water partition coefficient (Wildman–Crippen LogP) is 2.80. The number of anilines is 1. The first-order valence-electron chi connectivity index (χ1n) is 6.69. The van der Waals surface area contributed by atoms with Crippen LogP contribution in [0.4, 0.5) is 10.5 Å². The van der Waals surface area contributed by atoms with E-state index in [-0.39, 0.29) is 6.10 Å². The summed E-state index contributed by atoms with van der Waals surface area (Å²) in [6.07, 6.45) is 0.0768. The number of carbonyl (C=O) groups is 2. The number of likely N-dealkylation sites (N-methyl/N-ethyl adjacent to an activating group) is 1. The molecule has 6 nitrogen and oxygen atoms in total. The highest BCUT2D eigenvalue weighted by molar-refractivity contribution is 5.93. The Balaban J connectivity index is 2.73. The first-order valence-corrected chi connectivity index (χ1v) is 6.69. The molecule has 2 N–H and O–H groups in total. The van der Waals surface area contributed by atoms with Crippen LogP contribution in [-0.4, -0.2) is 40.7 Å². The lowest BCUT2D eigenvalue weighted by Crippen LogP contribution is -2.52. The standard InChI is InChI=1S/C15H22N2O4/c1-10(2)21-12-8-6-11(7-9-12)16-14(20)17(5)15(3,4)13(18)19/h6-10H,1-5H3,(H,16,20)(H,18,19). The van der Waals surface area contributed by atoms with Crippen molar-refractivity contribution >= 4 is 17.7 Å². The molecule has 1 aromatic rings. The maximum absolute atomic E-state index is 12.0. The van der Waals surface area contributed by atoms with Crippen molar-refractivity contribution in [2.75, 3.05) is 12.4 Å². The largest absolute Gasteiger partial charge is 0.491 e. The van der Waals surface area contributed by atoms with Gasteiger partial charge in [-0.1, -0.05) is 0 Å². The molecular weight excluding hydrogens is 272 g/mol. The highest BCUT2D eigenvalue weighted by Crippen LogP contribution is 2.19. The molecule has 0 radical (unpaired) electrons. The average molecular weight is 294 g/mol. The quantitative estimate of drug-likeness (QED) is 0.875. The van der Waals surface area contributed by atoms with E-state index in [1.54, 1.807) is 24.3 Å². The summed E-state index contributed by atoms with van der Waals surface area (Å²) < 4.78 is 5.51. The van der Waals surface area contributed by atoms with Gasteiger partial charge in [0.2, 0.25) is 0 Å². The first kappa shape index (κ1) is 16.8. The Labute approximate surface area is 124 Å². The molecule has 116 valence electrons. The Morgan fingerprint density at radius 2 is 1.76 bits per heavy atom. The van der Waals surface area contributed by atoms with Gasteiger partial charge < -0.3 is 20.1 Å². The van der Waals surface area contributed by atoms with Crippen LogP contribution in [0.25, 0.3) is 0 Å². The van der Waals surface area contributed by atoms with Gasteiger partial charge in [0.1, 0.15) is 11.3 Å². The highest BCUT2D eigenvalue weighted by Gasteiger charge is 2.35. The van der Waals surface area contributed by atoms with E-state index < -0.39 is 17.5 Å². The van der Waals surface area contributed by atoms with E-state index in [2.05, 4.69) is 5.32 Å². The SMILES string of the molecule is CC(C)Oc1ccc(NC(=O)N(C)C(C)(C)C(=O)O)cc1. The van der Waals surface area contributed by atoms with E-state index in [4.69, 9.17) is 9.84 Å². The van der Waals surface area contributed by atoms with Crippen molar-refractivity contribution in [1.29, 1.82) is 0 Å². The number of carboxylic acids is 1. The number of carboxylic acid groups (broad SMARTS) is 1. The van der Waals surface area contributed by atoms with Gasteiger partial charge in [0.15, 0.2) is 0 Å². The van der Waals surface area contributed by atoms with Crippen molar-refractivity contribution in [3.05, 3.63) is 24.3 Å². The Kier molecular flexibility index (Phi) is 5.18. The Morgan fingerprint density at radius 1 is 1.24 bits per heavy atom. The molecule has 1 aromatic carbocycles. The average Bonchev–Trinajstić information content (AvgIpc) is 2.39. The molecular formula is C15H22N2O4. The zero-order valence-electron chi connectivity index (χ0n) is 13.0. The fraction of sp³-hybridized carbons (Fsp3) is 0.467. The number of nitrogens with one attached hydrogen (secondary N) is 1. The van der Waals surface area contributed by atoms with Gasteiger partial charge in [-0.3, -0.25) is 0 Å². The van der Waals surface area contributed by atoms with Gasteiger partial charge in [0, 0.05) is 12.7 Å². The Hall–Kier alpha value is -2.24. The number of amides is 2. The van der Waals surface area contributed by atoms with Gasteiger partial charge in [-0.2, -0.15) is 0 Å². The van der Waals surface area contributed by atoms with E-state index in [1.807, 2.05) is 13.8 Å². The van der Waals surface area contributed by atoms with Crippen LogP contribution in [0.3, 0.4) is 0 Å². The van der Waals surface area contributed by atoms with Crippen LogP contribution in [-0.2, 0) is 4.79 Å². The molecule has 0 saturated carbocycles. The van der Waals surface area contributed by atoms with Crippen molar-refractivity contribution in [2.24, 2.45) is 0 Å². The Morgan fingerprint density at radius 3 is 2.19 bits per heavy atom. The smallest absolute Gasteiger partial charge is 0.329 e. The van der Waals surface area contributed by atoms with Crippen LogP contribution in [0.15, 0.2) is 24.3 Å². The second kappa shape index (κ2) is 6.47. The number of benzene rings is 1. The topological polar surface area (TPSA) is 78.9 Å². The van der Waals surface area contributed by atoms with Crippen LogP contribution < -0.4 is 10.1 Å². The highest BCUT2D eigenvalue weighted by atomic mass is 16.5. The van der Waals surface area contributed by atoms with Gasteiger partial charge in [0.25, 0.3) is 0 Å². The fourth-order valence-corrected chi connectivity index (χ4v) is 1.49. The molecule has 0 bridgehead atoms. The lowest BCUT2D eigenvalue weighted by molar-refractivity contribution is -0.146. The number of urea groups is 1. The van der Waals surface area contributed by atoms with Gasteiger partial charge >= 0.3 is 12.0 Å². The third-order valence-corrected chi connectivity index (χ3v) is 3.14. The van der Waals surface area contributed by atoms with Crippen molar-refractivity contribution in [1.82, 2.24) is 4.90 Å². The molecule has 6 heteroatoms. The molecule has 0 saturated heterocycles. The molecule has 0 fully saturated rings. The molecule has 0 aliphatic carbocycles. The molecule has 0 aliphatic rings. The number of hydrogen-bond donors (Lipinski definition) is 2. The zero-order valence-corrected chi connectivity index (χ0v) is 13.0. The number of ether oxygens (including phenoxy) is 1. The van der Waals surface area contributed by atoms with Gasteiger partial charge in [0.05, 0.1) is 6.10 Å². The minimum Gasteiger partial charge on any atom is -0.491 e. The summed E-state index contributed by atoms with van der Waals surface area (Å²) >= 11 is 0. The minimum absolute atomic E-state index is 0.0768. The number of nitrogens with zero attached hydrogens (tertiary/aromatic N) is 1. The Bertz CT molecular complexity index is 509. The van der Waals surface area contributed by atoms with Crippen molar-refractivity contribution in [3.63, 3.8) is 0 Å². The van der Waals surface area contributed by atoms with Crippen LogP contribution in [0, 0.1) is 0 Å². The molecule has 1 rings (SSSR count). The molecule has 0 spiro atoms. The second-order valence-corrected chi connectivity index (χ2v) is 5.54. The van der Waals surface area contributed by atoms with E-state index >= 15 is 0 Å². The predicted molar refractivity (Wildman–Crippen MR) is 80.7 cm³/mol. The zero-order chi connectivity index (χ0) is 16.2. The molecule has 0 unspecified atom stereocenters. The lowest BCUT2D eigenvalue weighted by atomic mass is 10.1. The van der Waals surface area contributed by atoms with E-state index in [0.717, 1.165) is 4.90 Å². The molecule has 21 heavy (non-hydrogen) atoms. The summed E-state index contributed by atoms with van der Waals surface area (Å²) in [6.45, 7) is 6.79. The summed E-state index contributed by atoms with van der Waals surface area (Å²) in [7, 11) is 1.44. The summed E-state index contributed by atoms with van der Waals surface area (Å²) in [4.78, 5) is 24.3. The van der Waals surface area contributed by atoms with Crippen molar-refractivity contribution in [2.45, 2.75) is 39.3 Å². The maximum Gasteiger partial charge on any atom is 0.329 e. The molecule has 2 amide bonds. The van der Waals surface area contributed by atoms with Crippen LogP contribution >= 0.6 is 0 Å². The minimum atomic E-state index is -1.29. The number of hydrogen-bond acceptors (Lipinski definition) is 3. The summed E-state index contributed by atoms with van der Waals surface area (Å²) in [6, 6.07) is 6.42. The normalized spacial score (nSPS) is 11.1. The van der Waals surface area contributed by atoms with Crippen molar-refractivity contribution < 1.29 is 19.4 Å². The van der Waals surface area contributed by atoms with E-state index in [9.17, 15) is 9.59 Å². The van der Waals surface area contributed by atoms with Crippen LogP contribution in [0.2, 0.25) is 0 Å². The summed E-state index contributed by atoms with van der Waals surface area (Å²) in [5, 5.41) is 11.8. The summed E-state index contributed by atoms with van der Waals surface area (Å²) in [5.41, 5.74) is -0.714. The molecule has 0 atom stereocenters. The first-order chi connectivity index (χ1) is 9.64. The van der Waals surface area contributed by atoms with Crippen LogP contribution in [0.5, 0.6) is 5.75 Å². The van der Waals surface area contributed by atoms with E-state index in [0.29, 0.717) is 11.4 Å². The van der Waals surface area contributed by atoms with Crippen LogP contribution in [0.1, 0.15) is 27.7 Å². The van der Waals surface area contributed by atoms with Gasteiger partial charge in [-0.25, -0.2) is 9.59 Å². The lowest BCUT2D eigenvalue weighted by Gasteiger charge is -2.31. The molecule has 0 aromatic heterocycles. The van der Waals surface area contributed by atoms with E-state index in [1.165, 1.54) is 20.9 Å². The number of aliphatic carboxylic acids is 1. The van der Waals surface area contributed by atoms with Gasteiger partial charge in [-0.05, 0) is 52.0 Å². The third kappa shape index (κ3) is 4.37. The monoisotopic (exact) mass is 294 g/mol. The third-order valence-electron chi connectivity index (χ3n) is 3.14. The van der Waals surface area contributed by atoms with Crippen molar-refractivity contribution in [3.8, 4) is 5.75 Å². The molecule has 0 heterocycles. The number of rotatable bonds is 5. The summed E-state index contributed by atoms with van der Waals surface area (Å²) in [5.74, 6) is -0.358. The fourth-order valence-electron chi connectivity index (χ4n) is 1.49. The maximum atomic E-state index is 12.0.